The van der Waals surface area contributed by atoms with E-state index in [1.54, 1.807) is 16.5 Å². The summed E-state index contributed by atoms with van der Waals surface area (Å²) in [4.78, 5) is 8.78. The van der Waals surface area contributed by atoms with Crippen LogP contribution in [0.15, 0.2) is 36.7 Å². The molecule has 4 rings (SSSR count). The summed E-state index contributed by atoms with van der Waals surface area (Å²) < 4.78 is 1.80. The van der Waals surface area contributed by atoms with Crippen molar-refractivity contribution < 1.29 is 5.11 Å². The molecule has 0 radical (unpaired) electrons. The van der Waals surface area contributed by atoms with Crippen LogP contribution >= 0.6 is 0 Å². The van der Waals surface area contributed by atoms with E-state index in [9.17, 15) is 5.11 Å². The molecule has 0 saturated heterocycles. The number of fused-ring (bicyclic) bond motifs is 1. The fourth-order valence-electron chi connectivity index (χ4n) is 3.05. The summed E-state index contributed by atoms with van der Waals surface area (Å²) in [5.74, 6) is 8.74. The molecule has 1 saturated carbocycles. The smallest absolute Gasteiger partial charge is 0.236 e. The molecule has 0 aliphatic heterocycles. The molecule has 3 aromatic rings. The number of nitrogens with zero attached hydrogens (tertiary/aromatic N) is 3. The van der Waals surface area contributed by atoms with E-state index in [2.05, 4.69) is 28.7 Å². The lowest BCUT2D eigenvalue weighted by molar-refractivity contribution is 0.272. The van der Waals surface area contributed by atoms with Gasteiger partial charge in [0.1, 0.15) is 11.6 Å². The number of phenolic OH excluding ortho intramolecular Hbond substituents is 1. The number of hydrogen-bond donors (Lipinski definition) is 2. The zero-order valence-corrected chi connectivity index (χ0v) is 13.4. The average Bonchev–Trinajstić information content (AvgIpc) is 2.93. The Hall–Kier alpha value is -3.00. The maximum Gasteiger partial charge on any atom is 0.236 e. The molecule has 5 heteroatoms. The summed E-state index contributed by atoms with van der Waals surface area (Å²) in [7, 11) is 0. The first kappa shape index (κ1) is 14.6. The number of phenols is 1. The number of aromatic hydroxyl groups is 1. The van der Waals surface area contributed by atoms with Gasteiger partial charge in [0.25, 0.3) is 0 Å². The molecule has 2 heterocycles. The van der Waals surface area contributed by atoms with Crippen LogP contribution in [0, 0.1) is 23.7 Å². The van der Waals surface area contributed by atoms with Crippen molar-refractivity contribution in [3.8, 4) is 28.8 Å². The number of para-hydroxylation sites is 1. The van der Waals surface area contributed by atoms with Gasteiger partial charge >= 0.3 is 0 Å². The predicted molar refractivity (Wildman–Crippen MR) is 93.3 cm³/mol. The fourth-order valence-corrected chi connectivity index (χ4v) is 3.05. The minimum Gasteiger partial charge on any atom is -0.507 e. The van der Waals surface area contributed by atoms with Crippen LogP contribution in [-0.2, 0) is 0 Å². The van der Waals surface area contributed by atoms with Crippen LogP contribution in [-0.4, -0.2) is 19.5 Å². The first-order valence-corrected chi connectivity index (χ1v) is 8.05. The van der Waals surface area contributed by atoms with Gasteiger partial charge in [0, 0.05) is 23.9 Å². The molecule has 24 heavy (non-hydrogen) atoms. The fraction of sp³-hybridized carbons (Fsp3) is 0.263. The van der Waals surface area contributed by atoms with E-state index in [1.165, 1.54) is 0 Å². The van der Waals surface area contributed by atoms with Crippen molar-refractivity contribution in [2.24, 2.45) is 11.8 Å². The Labute approximate surface area is 140 Å². The third-order valence-corrected chi connectivity index (χ3v) is 4.44. The van der Waals surface area contributed by atoms with Crippen molar-refractivity contribution in [3.63, 3.8) is 0 Å². The van der Waals surface area contributed by atoms with Crippen LogP contribution in [0.5, 0.6) is 5.75 Å². The molecule has 1 aliphatic rings. The van der Waals surface area contributed by atoms with Gasteiger partial charge in [-0.3, -0.25) is 4.40 Å². The van der Waals surface area contributed by atoms with Gasteiger partial charge in [0.2, 0.25) is 5.78 Å². The third kappa shape index (κ3) is 2.56. The number of nitrogen functional groups attached to an aromatic ring is 1. The first-order valence-electron chi connectivity index (χ1n) is 8.05. The lowest BCUT2D eigenvalue weighted by Crippen LogP contribution is -2.19. The highest BCUT2D eigenvalue weighted by Crippen LogP contribution is 2.32. The van der Waals surface area contributed by atoms with Gasteiger partial charge in [-0.2, -0.15) is 4.98 Å². The molecule has 0 amide bonds. The lowest BCUT2D eigenvalue weighted by atomic mass is 9.76. The van der Waals surface area contributed by atoms with Gasteiger partial charge in [-0.05, 0) is 30.9 Å². The standard InChI is InChI=1S/C19H18N4O/c1-12-8-13(9-12)6-7-14-10-23-11-16(21-19(23)22-18(14)20)15-4-2-3-5-17(15)24/h2-5,10-13,24H,8-9H2,1H3,(H2,20,21,22). The minimum atomic E-state index is 0.188. The molecule has 1 aliphatic carbocycles. The molecule has 3 N–H and O–H groups in total. The number of nitrogens with two attached hydrogens (primary N) is 1. The van der Waals surface area contributed by atoms with Crippen LogP contribution in [0.1, 0.15) is 25.3 Å². The Kier molecular flexibility index (Phi) is 3.39. The zero-order chi connectivity index (χ0) is 16.7. The molecule has 2 aromatic heterocycles. The molecule has 120 valence electrons. The van der Waals surface area contributed by atoms with Gasteiger partial charge in [-0.1, -0.05) is 30.9 Å². The van der Waals surface area contributed by atoms with Crippen LogP contribution in [0.2, 0.25) is 0 Å². The molecule has 5 nitrogen and oxygen atoms in total. The summed E-state index contributed by atoms with van der Waals surface area (Å²) >= 11 is 0. The Morgan fingerprint density at radius 2 is 2.00 bits per heavy atom. The molecule has 0 unspecified atom stereocenters. The molecule has 1 aromatic carbocycles. The van der Waals surface area contributed by atoms with Crippen molar-refractivity contribution in [2.75, 3.05) is 5.73 Å². The van der Waals surface area contributed by atoms with Crippen molar-refractivity contribution in [1.29, 1.82) is 0 Å². The lowest BCUT2D eigenvalue weighted by Gasteiger charge is -2.28. The Morgan fingerprint density at radius 1 is 1.21 bits per heavy atom. The monoisotopic (exact) mass is 318 g/mol. The van der Waals surface area contributed by atoms with Crippen LogP contribution in [0.4, 0.5) is 5.82 Å². The number of hydrogen-bond acceptors (Lipinski definition) is 4. The second-order valence-corrected chi connectivity index (χ2v) is 6.43. The Bertz CT molecular complexity index is 974. The maximum atomic E-state index is 9.98. The predicted octanol–water partition coefficient (Wildman–Crippen LogP) is 3.08. The largest absolute Gasteiger partial charge is 0.507 e. The van der Waals surface area contributed by atoms with Gasteiger partial charge < -0.3 is 10.8 Å². The van der Waals surface area contributed by atoms with Gasteiger partial charge in [-0.15, -0.1) is 0 Å². The molecule has 0 bridgehead atoms. The Balaban J connectivity index is 1.71. The number of rotatable bonds is 1. The van der Waals surface area contributed by atoms with Crippen LogP contribution in [0.3, 0.4) is 0 Å². The van der Waals surface area contributed by atoms with Crippen LogP contribution in [0.25, 0.3) is 17.0 Å². The third-order valence-electron chi connectivity index (χ3n) is 4.44. The number of anilines is 1. The molecular formula is C19H18N4O. The van der Waals surface area contributed by atoms with Crippen LogP contribution < -0.4 is 5.73 Å². The summed E-state index contributed by atoms with van der Waals surface area (Å²) in [6.07, 6.45) is 5.99. The topological polar surface area (TPSA) is 76.4 Å². The van der Waals surface area contributed by atoms with E-state index in [1.807, 2.05) is 24.5 Å². The number of aromatic nitrogens is 3. The highest BCUT2D eigenvalue weighted by Gasteiger charge is 2.23. The van der Waals surface area contributed by atoms with E-state index in [0.29, 0.717) is 34.3 Å². The number of imidazole rings is 1. The zero-order valence-electron chi connectivity index (χ0n) is 13.4. The average molecular weight is 318 g/mol. The van der Waals surface area contributed by atoms with Crippen molar-refractivity contribution >= 4 is 11.6 Å². The van der Waals surface area contributed by atoms with Crippen molar-refractivity contribution in [2.45, 2.75) is 19.8 Å². The number of benzene rings is 1. The molecular weight excluding hydrogens is 300 g/mol. The normalized spacial score (nSPS) is 19.5. The highest BCUT2D eigenvalue weighted by atomic mass is 16.3. The SMILES string of the molecule is CC1CC(C#Cc2cn3cc(-c4ccccc4O)nc3nc2N)C1. The van der Waals surface area contributed by atoms with E-state index < -0.39 is 0 Å². The second kappa shape index (κ2) is 5.57. The van der Waals surface area contributed by atoms with Gasteiger partial charge in [0.15, 0.2) is 0 Å². The summed E-state index contributed by atoms with van der Waals surface area (Å²) in [6, 6.07) is 7.09. The van der Waals surface area contributed by atoms with Crippen molar-refractivity contribution in [1.82, 2.24) is 14.4 Å². The van der Waals surface area contributed by atoms with Crippen molar-refractivity contribution in [3.05, 3.63) is 42.2 Å². The quantitative estimate of drug-likeness (QED) is 0.676. The van der Waals surface area contributed by atoms with Gasteiger partial charge in [0.05, 0.1) is 11.3 Å². The second-order valence-electron chi connectivity index (χ2n) is 6.43. The molecule has 0 spiro atoms. The maximum absolute atomic E-state index is 9.98. The molecule has 1 fully saturated rings. The van der Waals surface area contributed by atoms with E-state index in [-0.39, 0.29) is 5.75 Å². The van der Waals surface area contributed by atoms with E-state index in [0.717, 1.165) is 18.8 Å². The first-order chi connectivity index (χ1) is 11.6. The summed E-state index contributed by atoms with van der Waals surface area (Å²) in [5.41, 5.74) is 8.05. The van der Waals surface area contributed by atoms with Gasteiger partial charge in [-0.25, -0.2) is 4.98 Å². The Morgan fingerprint density at radius 3 is 2.75 bits per heavy atom. The summed E-state index contributed by atoms with van der Waals surface area (Å²) in [6.45, 7) is 2.24. The van der Waals surface area contributed by atoms with E-state index >= 15 is 0 Å². The highest BCUT2D eigenvalue weighted by molar-refractivity contribution is 5.68. The minimum absolute atomic E-state index is 0.188. The van der Waals surface area contributed by atoms with E-state index in [4.69, 9.17) is 5.73 Å². The molecule has 0 atom stereocenters. The summed E-state index contributed by atoms with van der Waals surface area (Å²) in [5, 5.41) is 9.98.